The lowest BCUT2D eigenvalue weighted by atomic mass is 9.99. The number of ether oxygens (including phenoxy) is 2. The van der Waals surface area contributed by atoms with Crippen molar-refractivity contribution in [3.8, 4) is 0 Å². The van der Waals surface area contributed by atoms with Gasteiger partial charge in [0, 0.05) is 24.9 Å². The summed E-state index contributed by atoms with van der Waals surface area (Å²) in [7, 11) is 0. The van der Waals surface area contributed by atoms with Gasteiger partial charge in [0.05, 0.1) is 24.6 Å². The van der Waals surface area contributed by atoms with Crippen LogP contribution in [0.1, 0.15) is 38.8 Å². The van der Waals surface area contributed by atoms with Gasteiger partial charge in [-0.05, 0) is 25.8 Å². The van der Waals surface area contributed by atoms with Gasteiger partial charge >= 0.3 is 6.18 Å². The van der Waals surface area contributed by atoms with Crippen molar-refractivity contribution in [1.82, 2.24) is 9.97 Å². The molecule has 10 heteroatoms. The van der Waals surface area contributed by atoms with Crippen LogP contribution in [0.25, 0.3) is 0 Å². The van der Waals surface area contributed by atoms with Crippen molar-refractivity contribution in [2.45, 2.75) is 51.0 Å². The minimum atomic E-state index is -4.47. The summed E-state index contributed by atoms with van der Waals surface area (Å²) < 4.78 is 64.0. The summed E-state index contributed by atoms with van der Waals surface area (Å²) in [4.78, 5) is 9.60. The van der Waals surface area contributed by atoms with E-state index in [1.54, 1.807) is 6.92 Å². The quantitative estimate of drug-likeness (QED) is 0.276. The van der Waals surface area contributed by atoms with Crippen molar-refractivity contribution in [2.75, 3.05) is 24.6 Å². The molecule has 0 bridgehead atoms. The number of aromatic nitrogens is 2. The van der Waals surface area contributed by atoms with Crippen LogP contribution in [0.15, 0.2) is 36.6 Å². The molecule has 0 spiro atoms. The summed E-state index contributed by atoms with van der Waals surface area (Å²) in [5, 5.41) is 8.41. The number of hydrogen-bond donors (Lipinski definition) is 1. The number of rotatable bonds is 8. The molecule has 1 N–H and O–H groups in total. The molecular formula is C21H26F4N4O2. The highest BCUT2D eigenvalue weighted by atomic mass is 19.4. The number of alkyl halides is 3. The molecule has 1 saturated heterocycles. The van der Waals surface area contributed by atoms with Crippen LogP contribution in [0.5, 0.6) is 0 Å². The second-order valence-electron chi connectivity index (χ2n) is 8.16. The van der Waals surface area contributed by atoms with Gasteiger partial charge in [0.15, 0.2) is 11.9 Å². The smallest absolute Gasteiger partial charge is 0.416 e. The molecule has 0 radical (unpaired) electrons. The summed E-state index contributed by atoms with van der Waals surface area (Å²) in [6, 6.07) is 1.48. The number of morpholine rings is 1. The molecule has 1 aromatic rings. The monoisotopic (exact) mass is 442 g/mol. The highest BCUT2D eigenvalue weighted by molar-refractivity contribution is 5.97. The molecule has 2 fully saturated rings. The van der Waals surface area contributed by atoms with Crippen LogP contribution in [-0.4, -0.2) is 53.3 Å². The standard InChI is InChI=1S/C21H26F4N4O2/c1-4-14(22)19(31-20(3)5-6-20)13(2)9-15(26)16-10-18(28-12-27-16)29-7-8-30-17(11-29)21(23,24)25/h4,10,12-13,17,26H,1,5-9,11H2,2-3H3/b19-14-,26-15?. The summed E-state index contributed by atoms with van der Waals surface area (Å²) in [5.74, 6) is -0.576. The average Bonchev–Trinajstić information content (AvgIpc) is 3.48. The minimum Gasteiger partial charge on any atom is -0.489 e. The number of hydrogen-bond acceptors (Lipinski definition) is 6. The van der Waals surface area contributed by atoms with E-state index in [1.165, 1.54) is 17.3 Å². The second kappa shape index (κ2) is 8.94. The maximum absolute atomic E-state index is 14.3. The first kappa shape index (κ1) is 23.2. The molecule has 0 amide bonds. The zero-order chi connectivity index (χ0) is 22.8. The fourth-order valence-corrected chi connectivity index (χ4v) is 3.27. The lowest BCUT2D eigenvalue weighted by Gasteiger charge is -2.34. The van der Waals surface area contributed by atoms with E-state index in [-0.39, 0.29) is 54.7 Å². The molecule has 2 unspecified atom stereocenters. The molecule has 2 heterocycles. The second-order valence-corrected chi connectivity index (χ2v) is 8.16. The normalized spacial score (nSPS) is 22.4. The summed E-state index contributed by atoms with van der Waals surface area (Å²) >= 11 is 0. The Morgan fingerprint density at radius 3 is 2.77 bits per heavy atom. The van der Waals surface area contributed by atoms with Gasteiger partial charge in [-0.1, -0.05) is 13.5 Å². The Morgan fingerprint density at radius 2 is 2.16 bits per heavy atom. The highest BCUT2D eigenvalue weighted by Gasteiger charge is 2.44. The third kappa shape index (κ3) is 5.81. The van der Waals surface area contributed by atoms with Crippen LogP contribution in [0.3, 0.4) is 0 Å². The predicted molar refractivity (Wildman–Crippen MR) is 108 cm³/mol. The summed E-state index contributed by atoms with van der Waals surface area (Å²) in [6.45, 7) is 6.88. The Labute approximate surface area is 178 Å². The van der Waals surface area contributed by atoms with Gasteiger partial charge in [0.25, 0.3) is 0 Å². The van der Waals surface area contributed by atoms with Crippen LogP contribution in [0.4, 0.5) is 23.4 Å². The molecule has 6 nitrogen and oxygen atoms in total. The van der Waals surface area contributed by atoms with Gasteiger partial charge in [-0.15, -0.1) is 0 Å². The van der Waals surface area contributed by atoms with Crippen molar-refractivity contribution >= 4 is 11.5 Å². The topological polar surface area (TPSA) is 71.3 Å². The maximum Gasteiger partial charge on any atom is 0.416 e. The third-order valence-corrected chi connectivity index (χ3v) is 5.40. The fraction of sp³-hybridized carbons (Fsp3) is 0.571. The van der Waals surface area contributed by atoms with Crippen LogP contribution < -0.4 is 4.90 Å². The van der Waals surface area contributed by atoms with E-state index in [1.807, 2.05) is 6.92 Å². The van der Waals surface area contributed by atoms with Crippen molar-refractivity contribution in [1.29, 1.82) is 5.41 Å². The molecule has 2 aliphatic rings. The third-order valence-electron chi connectivity index (χ3n) is 5.40. The van der Waals surface area contributed by atoms with Gasteiger partial charge in [-0.25, -0.2) is 14.4 Å². The van der Waals surface area contributed by atoms with Gasteiger partial charge in [-0.2, -0.15) is 13.2 Å². The number of allylic oxidation sites excluding steroid dienone is 3. The maximum atomic E-state index is 14.3. The average molecular weight is 442 g/mol. The van der Waals surface area contributed by atoms with E-state index in [2.05, 4.69) is 16.5 Å². The number of anilines is 1. The lowest BCUT2D eigenvalue weighted by Crippen LogP contribution is -2.49. The van der Waals surface area contributed by atoms with Gasteiger partial charge in [-0.3, -0.25) is 0 Å². The number of nitrogens with zero attached hydrogens (tertiary/aromatic N) is 3. The number of halogens is 4. The minimum absolute atomic E-state index is 0.0803. The highest BCUT2D eigenvalue weighted by Crippen LogP contribution is 2.43. The van der Waals surface area contributed by atoms with Crippen molar-refractivity contribution in [3.05, 3.63) is 42.3 Å². The fourth-order valence-electron chi connectivity index (χ4n) is 3.27. The van der Waals surface area contributed by atoms with E-state index in [0.29, 0.717) is 0 Å². The first-order chi connectivity index (χ1) is 14.5. The largest absolute Gasteiger partial charge is 0.489 e. The zero-order valence-electron chi connectivity index (χ0n) is 17.5. The lowest BCUT2D eigenvalue weighted by molar-refractivity contribution is -0.221. The molecular weight excluding hydrogens is 416 g/mol. The van der Waals surface area contributed by atoms with Gasteiger partial charge < -0.3 is 19.8 Å². The van der Waals surface area contributed by atoms with Gasteiger partial charge in [0.1, 0.15) is 23.5 Å². The van der Waals surface area contributed by atoms with E-state index >= 15 is 0 Å². The van der Waals surface area contributed by atoms with E-state index in [0.717, 1.165) is 18.9 Å². The summed E-state index contributed by atoms with van der Waals surface area (Å²) in [6.07, 6.45) is -2.26. The van der Waals surface area contributed by atoms with Crippen molar-refractivity contribution in [3.63, 3.8) is 0 Å². The van der Waals surface area contributed by atoms with Crippen molar-refractivity contribution in [2.24, 2.45) is 5.92 Å². The predicted octanol–water partition coefficient (Wildman–Crippen LogP) is 4.57. The van der Waals surface area contributed by atoms with E-state index < -0.39 is 24.0 Å². The molecule has 1 aliphatic heterocycles. The number of nitrogens with one attached hydrogen (secondary N) is 1. The zero-order valence-corrected chi connectivity index (χ0v) is 17.5. The van der Waals surface area contributed by atoms with Crippen LogP contribution >= 0.6 is 0 Å². The molecule has 1 aliphatic carbocycles. The molecule has 31 heavy (non-hydrogen) atoms. The Morgan fingerprint density at radius 1 is 1.45 bits per heavy atom. The van der Waals surface area contributed by atoms with Gasteiger partial charge in [0.2, 0.25) is 0 Å². The molecule has 1 saturated carbocycles. The Bertz CT molecular complexity index is 867. The molecule has 170 valence electrons. The molecule has 0 aromatic carbocycles. The first-order valence-corrected chi connectivity index (χ1v) is 10.1. The Kier molecular flexibility index (Phi) is 6.68. The molecule has 2 atom stereocenters. The van der Waals surface area contributed by atoms with E-state index in [4.69, 9.17) is 14.9 Å². The molecule has 3 rings (SSSR count). The van der Waals surface area contributed by atoms with Crippen LogP contribution in [0.2, 0.25) is 0 Å². The Hall–Kier alpha value is -2.49. The Balaban J connectivity index is 1.71. The van der Waals surface area contributed by atoms with Crippen LogP contribution in [0, 0.1) is 11.3 Å². The summed E-state index contributed by atoms with van der Waals surface area (Å²) in [5.41, 5.74) is -0.0156. The SMILES string of the molecule is C=C/C(F)=C(/OC1(C)CC1)C(C)CC(=N)c1cc(N2CCOC(C(F)(F)F)C2)ncn1. The molecule has 1 aromatic heterocycles. The first-order valence-electron chi connectivity index (χ1n) is 10.1. The van der Waals surface area contributed by atoms with Crippen LogP contribution in [-0.2, 0) is 9.47 Å². The van der Waals surface area contributed by atoms with Crippen molar-refractivity contribution < 1.29 is 27.0 Å². The van der Waals surface area contributed by atoms with E-state index in [9.17, 15) is 17.6 Å².